The Kier molecular flexibility index (Phi) is 5.14. The lowest BCUT2D eigenvalue weighted by atomic mass is 9.71. The minimum absolute atomic E-state index is 0.216. The van der Waals surface area contributed by atoms with Gasteiger partial charge in [-0.1, -0.05) is 30.7 Å². The molecule has 0 aliphatic heterocycles. The van der Waals surface area contributed by atoms with Crippen LogP contribution in [0.1, 0.15) is 32.1 Å². The van der Waals surface area contributed by atoms with Crippen LogP contribution >= 0.6 is 0 Å². The van der Waals surface area contributed by atoms with Crippen LogP contribution in [0.5, 0.6) is 5.75 Å². The second-order valence-electron chi connectivity index (χ2n) is 5.46. The zero-order valence-corrected chi connectivity index (χ0v) is 12.1. The van der Waals surface area contributed by atoms with Gasteiger partial charge in [0.05, 0.1) is 0 Å². The molecule has 1 aliphatic carbocycles. The molecule has 21 heavy (non-hydrogen) atoms. The SMILES string of the molecule is C=CC[C@]1(CNC(=O)Oc2ccccc2)CCCCC1=O. The number of ether oxygens (including phenoxy) is 1. The highest BCUT2D eigenvalue weighted by Gasteiger charge is 2.38. The van der Waals surface area contributed by atoms with Gasteiger partial charge in [0.25, 0.3) is 0 Å². The molecule has 1 amide bonds. The van der Waals surface area contributed by atoms with Crippen LogP contribution < -0.4 is 10.1 Å². The Labute approximate surface area is 125 Å². The summed E-state index contributed by atoms with van der Waals surface area (Å²) in [6, 6.07) is 8.87. The van der Waals surface area contributed by atoms with E-state index in [0.717, 1.165) is 19.3 Å². The van der Waals surface area contributed by atoms with Crippen molar-refractivity contribution in [1.82, 2.24) is 5.32 Å². The van der Waals surface area contributed by atoms with Crippen LogP contribution in [0.3, 0.4) is 0 Å². The Balaban J connectivity index is 1.94. The number of allylic oxidation sites excluding steroid dienone is 1. The lowest BCUT2D eigenvalue weighted by molar-refractivity contribution is -0.130. The summed E-state index contributed by atoms with van der Waals surface area (Å²) < 4.78 is 5.18. The van der Waals surface area contributed by atoms with Gasteiger partial charge in [-0.3, -0.25) is 4.79 Å². The first kappa shape index (κ1) is 15.3. The van der Waals surface area contributed by atoms with E-state index < -0.39 is 11.5 Å². The quantitative estimate of drug-likeness (QED) is 0.843. The first-order valence-corrected chi connectivity index (χ1v) is 7.31. The van der Waals surface area contributed by atoms with E-state index in [4.69, 9.17) is 4.74 Å². The molecule has 0 bridgehead atoms. The van der Waals surface area contributed by atoms with E-state index in [1.807, 2.05) is 6.07 Å². The van der Waals surface area contributed by atoms with E-state index in [-0.39, 0.29) is 5.78 Å². The molecule has 0 unspecified atom stereocenters. The van der Waals surface area contributed by atoms with Crippen LogP contribution in [0.4, 0.5) is 4.79 Å². The fourth-order valence-corrected chi connectivity index (χ4v) is 2.78. The molecule has 0 spiro atoms. The number of nitrogens with one attached hydrogen (secondary N) is 1. The van der Waals surface area contributed by atoms with Crippen LogP contribution in [0, 0.1) is 5.41 Å². The molecule has 4 nitrogen and oxygen atoms in total. The summed E-state index contributed by atoms with van der Waals surface area (Å²) in [5.74, 6) is 0.705. The average molecular weight is 287 g/mol. The number of ketones is 1. The van der Waals surface area contributed by atoms with Crippen molar-refractivity contribution in [1.29, 1.82) is 0 Å². The summed E-state index contributed by atoms with van der Waals surface area (Å²) in [6.07, 6.45) is 5.15. The number of benzene rings is 1. The predicted octanol–water partition coefficient (Wildman–Crippen LogP) is 3.48. The molecule has 1 aromatic rings. The average Bonchev–Trinajstić information content (AvgIpc) is 2.49. The van der Waals surface area contributed by atoms with Gasteiger partial charge in [-0.25, -0.2) is 4.79 Å². The second-order valence-corrected chi connectivity index (χ2v) is 5.46. The molecular weight excluding hydrogens is 266 g/mol. The highest BCUT2D eigenvalue weighted by Crippen LogP contribution is 2.36. The van der Waals surface area contributed by atoms with Crippen LogP contribution in [0.25, 0.3) is 0 Å². The lowest BCUT2D eigenvalue weighted by Crippen LogP contribution is -2.45. The maximum absolute atomic E-state index is 12.2. The van der Waals surface area contributed by atoms with Crippen LogP contribution in [0.2, 0.25) is 0 Å². The summed E-state index contributed by atoms with van der Waals surface area (Å²) in [5, 5.41) is 2.73. The van der Waals surface area contributed by atoms with Crippen LogP contribution in [0.15, 0.2) is 43.0 Å². The number of amides is 1. The van der Waals surface area contributed by atoms with Crippen molar-refractivity contribution in [2.75, 3.05) is 6.54 Å². The van der Waals surface area contributed by atoms with Gasteiger partial charge in [-0.15, -0.1) is 6.58 Å². The van der Waals surface area contributed by atoms with E-state index >= 15 is 0 Å². The van der Waals surface area contributed by atoms with Crippen molar-refractivity contribution in [3.8, 4) is 5.75 Å². The van der Waals surface area contributed by atoms with Crippen molar-refractivity contribution in [3.63, 3.8) is 0 Å². The molecule has 0 heterocycles. The molecule has 4 heteroatoms. The van der Waals surface area contributed by atoms with E-state index in [1.165, 1.54) is 0 Å². The van der Waals surface area contributed by atoms with Crippen molar-refractivity contribution in [2.45, 2.75) is 32.1 Å². The monoisotopic (exact) mass is 287 g/mol. The summed E-state index contributed by atoms with van der Waals surface area (Å²) in [4.78, 5) is 24.1. The van der Waals surface area contributed by atoms with Gasteiger partial charge in [0.15, 0.2) is 0 Å². The van der Waals surface area contributed by atoms with Gasteiger partial charge < -0.3 is 10.1 Å². The standard InChI is InChI=1S/C17H21NO3/c1-2-11-17(12-7-6-10-15(17)19)13-18-16(20)21-14-8-4-3-5-9-14/h2-5,8-9H,1,6-7,10-13H2,(H,18,20)/t17-/m1/s1. The van der Waals surface area contributed by atoms with E-state index in [9.17, 15) is 9.59 Å². The third-order valence-electron chi connectivity index (χ3n) is 3.96. The summed E-state index contributed by atoms with van der Waals surface area (Å²) >= 11 is 0. The molecule has 0 aromatic heterocycles. The van der Waals surface area contributed by atoms with E-state index in [0.29, 0.717) is 25.1 Å². The van der Waals surface area contributed by atoms with Crippen molar-refractivity contribution >= 4 is 11.9 Å². The van der Waals surface area contributed by atoms with Gasteiger partial charge in [-0.2, -0.15) is 0 Å². The Hall–Kier alpha value is -2.10. The topological polar surface area (TPSA) is 55.4 Å². The smallest absolute Gasteiger partial charge is 0.410 e. The molecule has 0 radical (unpaired) electrons. The fourth-order valence-electron chi connectivity index (χ4n) is 2.78. The number of rotatable bonds is 5. The zero-order chi connectivity index (χ0) is 15.1. The molecule has 112 valence electrons. The first-order valence-electron chi connectivity index (χ1n) is 7.31. The lowest BCUT2D eigenvalue weighted by Gasteiger charge is -2.34. The minimum Gasteiger partial charge on any atom is -0.410 e. The molecule has 1 aromatic carbocycles. The van der Waals surface area contributed by atoms with Crippen molar-refractivity contribution in [3.05, 3.63) is 43.0 Å². The molecule has 1 atom stereocenters. The minimum atomic E-state index is -0.525. The number of para-hydroxylation sites is 1. The Morgan fingerprint density at radius 1 is 1.33 bits per heavy atom. The molecule has 2 rings (SSSR count). The van der Waals surface area contributed by atoms with E-state index in [2.05, 4.69) is 11.9 Å². The van der Waals surface area contributed by atoms with Gasteiger partial charge in [-0.05, 0) is 31.4 Å². The maximum atomic E-state index is 12.2. The van der Waals surface area contributed by atoms with E-state index in [1.54, 1.807) is 30.3 Å². The summed E-state index contributed by atoms with van der Waals surface area (Å²) in [6.45, 7) is 4.04. The maximum Gasteiger partial charge on any atom is 0.412 e. The molecular formula is C17H21NO3. The number of hydrogen-bond donors (Lipinski definition) is 1. The Morgan fingerprint density at radius 3 is 2.76 bits per heavy atom. The number of carbonyl (C=O) groups is 2. The molecule has 1 aliphatic rings. The molecule has 1 saturated carbocycles. The zero-order valence-electron chi connectivity index (χ0n) is 12.1. The van der Waals surface area contributed by atoms with Crippen LogP contribution in [-0.4, -0.2) is 18.4 Å². The highest BCUT2D eigenvalue weighted by atomic mass is 16.6. The number of Topliss-reactive ketones (excluding diaryl/α,β-unsaturated/α-hetero) is 1. The number of hydrogen-bond acceptors (Lipinski definition) is 3. The van der Waals surface area contributed by atoms with Gasteiger partial charge in [0.2, 0.25) is 0 Å². The second kappa shape index (κ2) is 7.07. The molecule has 1 fully saturated rings. The molecule has 0 saturated heterocycles. The predicted molar refractivity (Wildman–Crippen MR) is 81.2 cm³/mol. The van der Waals surface area contributed by atoms with Crippen molar-refractivity contribution < 1.29 is 14.3 Å². The Morgan fingerprint density at radius 2 is 2.10 bits per heavy atom. The largest absolute Gasteiger partial charge is 0.412 e. The first-order chi connectivity index (χ1) is 10.2. The van der Waals surface area contributed by atoms with Gasteiger partial charge in [0.1, 0.15) is 11.5 Å². The third kappa shape index (κ3) is 3.94. The van der Waals surface area contributed by atoms with Gasteiger partial charge >= 0.3 is 6.09 Å². The normalized spacial score (nSPS) is 21.6. The van der Waals surface area contributed by atoms with Gasteiger partial charge in [0, 0.05) is 18.4 Å². The third-order valence-corrected chi connectivity index (χ3v) is 3.96. The summed E-state index contributed by atoms with van der Waals surface area (Å²) in [5.41, 5.74) is -0.504. The highest BCUT2D eigenvalue weighted by molar-refractivity contribution is 5.86. The summed E-state index contributed by atoms with van der Waals surface area (Å²) in [7, 11) is 0. The van der Waals surface area contributed by atoms with Crippen molar-refractivity contribution in [2.24, 2.45) is 5.41 Å². The number of carbonyl (C=O) groups excluding carboxylic acids is 2. The fraction of sp³-hybridized carbons (Fsp3) is 0.412. The van der Waals surface area contributed by atoms with Crippen LogP contribution in [-0.2, 0) is 4.79 Å². The Bertz CT molecular complexity index is 512. The molecule has 1 N–H and O–H groups in total.